The van der Waals surface area contributed by atoms with E-state index in [1.807, 2.05) is 49.4 Å². The van der Waals surface area contributed by atoms with Crippen molar-refractivity contribution >= 4 is 39.7 Å². The maximum atomic E-state index is 9.67. The van der Waals surface area contributed by atoms with Crippen LogP contribution in [0.25, 0.3) is 0 Å². The van der Waals surface area contributed by atoms with E-state index in [0.717, 1.165) is 66.3 Å². The first-order valence-electron chi connectivity index (χ1n) is 11.5. The molecule has 1 aliphatic rings. The van der Waals surface area contributed by atoms with Gasteiger partial charge in [0.1, 0.15) is 34.3 Å². The van der Waals surface area contributed by atoms with Crippen LogP contribution in [0.15, 0.2) is 36.4 Å². The first-order chi connectivity index (χ1) is 17.5. The van der Waals surface area contributed by atoms with E-state index in [1.54, 1.807) is 0 Å². The van der Waals surface area contributed by atoms with Gasteiger partial charge in [-0.25, -0.2) is 9.97 Å². The van der Waals surface area contributed by atoms with Crippen molar-refractivity contribution in [1.29, 1.82) is 5.26 Å². The Hall–Kier alpha value is -4.21. The molecule has 4 heterocycles. The maximum absolute atomic E-state index is 9.67. The number of piperazine rings is 1. The predicted octanol–water partition coefficient (Wildman–Crippen LogP) is 3.37. The summed E-state index contributed by atoms with van der Waals surface area (Å²) in [6.45, 7) is 5.73. The van der Waals surface area contributed by atoms with E-state index in [2.05, 4.69) is 42.1 Å². The third-order valence-electron chi connectivity index (χ3n) is 5.91. The van der Waals surface area contributed by atoms with Crippen LogP contribution in [0.4, 0.5) is 28.1 Å². The molecule has 5 rings (SSSR count). The zero-order valence-electron chi connectivity index (χ0n) is 20.0. The molecule has 12 heteroatoms. The van der Waals surface area contributed by atoms with E-state index in [-0.39, 0.29) is 11.4 Å². The highest BCUT2D eigenvalue weighted by Gasteiger charge is 2.18. The van der Waals surface area contributed by atoms with Crippen LogP contribution in [-0.4, -0.2) is 67.8 Å². The number of H-pyrrole nitrogens is 1. The number of hydrogen-bond donors (Lipinski definition) is 4. The van der Waals surface area contributed by atoms with Crippen LogP contribution in [0.5, 0.6) is 5.88 Å². The summed E-state index contributed by atoms with van der Waals surface area (Å²) in [5, 5.41) is 33.0. The standard InChI is InChI=1S/C24H26N10OS/c1-15-11-21(31-30-15)28-20-13-22(34-9-7-33(2)8-10-34)29-19(27-20)12-16-3-5-17(6-4-16)26-24-18(14-25)23(35)32-36-24/h3-6,11,13,26H,7-10,12H2,1-2H3,(H,32,35)(H2,27,28,29,30,31). The molecule has 1 fully saturated rings. The van der Waals surface area contributed by atoms with E-state index >= 15 is 0 Å². The molecule has 0 aliphatic carbocycles. The molecule has 36 heavy (non-hydrogen) atoms. The Labute approximate surface area is 212 Å². The fourth-order valence-corrected chi connectivity index (χ4v) is 4.60. The lowest BCUT2D eigenvalue weighted by atomic mass is 10.1. The highest BCUT2D eigenvalue weighted by atomic mass is 32.1. The smallest absolute Gasteiger partial charge is 0.243 e. The third-order valence-corrected chi connectivity index (χ3v) is 6.67. The molecule has 1 aromatic carbocycles. The molecule has 3 aromatic heterocycles. The highest BCUT2D eigenvalue weighted by molar-refractivity contribution is 7.10. The molecule has 1 aliphatic heterocycles. The Morgan fingerprint density at radius 2 is 1.89 bits per heavy atom. The fraction of sp³-hybridized carbons (Fsp3) is 0.292. The fourth-order valence-electron chi connectivity index (χ4n) is 3.93. The molecular formula is C24H26N10OS. The zero-order chi connectivity index (χ0) is 25.1. The molecular weight excluding hydrogens is 476 g/mol. The van der Waals surface area contributed by atoms with Gasteiger partial charge >= 0.3 is 0 Å². The van der Waals surface area contributed by atoms with Crippen LogP contribution in [-0.2, 0) is 6.42 Å². The van der Waals surface area contributed by atoms with Gasteiger partial charge in [0.15, 0.2) is 5.56 Å². The number of aromatic amines is 1. The van der Waals surface area contributed by atoms with E-state index in [0.29, 0.717) is 23.1 Å². The molecule has 0 amide bonds. The number of aromatic hydroxyl groups is 1. The lowest BCUT2D eigenvalue weighted by molar-refractivity contribution is 0.312. The molecule has 4 N–H and O–H groups in total. The number of nitrogens with zero attached hydrogens (tertiary/aromatic N) is 7. The molecule has 0 unspecified atom stereocenters. The minimum absolute atomic E-state index is 0.144. The summed E-state index contributed by atoms with van der Waals surface area (Å²) in [7, 11) is 2.13. The summed E-state index contributed by atoms with van der Waals surface area (Å²) in [4.78, 5) is 14.3. The number of nitrogens with one attached hydrogen (secondary N) is 3. The molecule has 4 aromatic rings. The SMILES string of the molecule is Cc1cc(Nc2cc(N3CCN(C)CC3)nc(Cc3ccc(Nc4snc(O)c4C#N)cc3)n2)[nH]n1. The van der Waals surface area contributed by atoms with Crippen molar-refractivity contribution < 1.29 is 5.11 Å². The summed E-state index contributed by atoms with van der Waals surface area (Å²) in [5.41, 5.74) is 2.89. The molecule has 11 nitrogen and oxygen atoms in total. The lowest BCUT2D eigenvalue weighted by Gasteiger charge is -2.33. The number of aromatic nitrogens is 5. The van der Waals surface area contributed by atoms with Gasteiger partial charge in [0, 0.05) is 50.4 Å². The van der Waals surface area contributed by atoms with Crippen molar-refractivity contribution in [3.63, 3.8) is 0 Å². The topological polar surface area (TPSA) is 142 Å². The van der Waals surface area contributed by atoms with Gasteiger partial charge in [0.2, 0.25) is 5.88 Å². The minimum Gasteiger partial charge on any atom is -0.492 e. The Kier molecular flexibility index (Phi) is 6.66. The number of likely N-dealkylation sites (N-methyl/N-ethyl adjacent to an activating group) is 1. The number of benzene rings is 1. The largest absolute Gasteiger partial charge is 0.492 e. The van der Waals surface area contributed by atoms with E-state index < -0.39 is 0 Å². The normalized spacial score (nSPS) is 14.0. The van der Waals surface area contributed by atoms with E-state index in [9.17, 15) is 10.4 Å². The Bertz CT molecular complexity index is 1380. The predicted molar refractivity (Wildman–Crippen MR) is 139 cm³/mol. The number of aryl methyl sites for hydroxylation is 1. The molecule has 0 bridgehead atoms. The second kappa shape index (κ2) is 10.2. The van der Waals surface area contributed by atoms with Crippen LogP contribution in [0.1, 0.15) is 22.6 Å². The van der Waals surface area contributed by atoms with Gasteiger partial charge in [-0.1, -0.05) is 12.1 Å². The Morgan fingerprint density at radius 1 is 1.11 bits per heavy atom. The summed E-state index contributed by atoms with van der Waals surface area (Å²) < 4.78 is 3.82. The van der Waals surface area contributed by atoms with Gasteiger partial charge in [-0.05, 0) is 43.2 Å². The van der Waals surface area contributed by atoms with Crippen molar-refractivity contribution in [3.05, 3.63) is 59.0 Å². The average Bonchev–Trinajstić information content (AvgIpc) is 3.44. The van der Waals surface area contributed by atoms with Crippen LogP contribution in [0, 0.1) is 18.3 Å². The van der Waals surface area contributed by atoms with Crippen LogP contribution >= 0.6 is 11.5 Å². The highest BCUT2D eigenvalue weighted by Crippen LogP contribution is 2.31. The molecule has 184 valence electrons. The lowest BCUT2D eigenvalue weighted by Crippen LogP contribution is -2.44. The van der Waals surface area contributed by atoms with Gasteiger partial charge in [-0.2, -0.15) is 14.7 Å². The van der Waals surface area contributed by atoms with Crippen molar-refractivity contribution in [2.24, 2.45) is 0 Å². The molecule has 0 atom stereocenters. The van der Waals surface area contributed by atoms with Gasteiger partial charge in [0.05, 0.1) is 5.69 Å². The summed E-state index contributed by atoms with van der Waals surface area (Å²) >= 11 is 1.05. The van der Waals surface area contributed by atoms with Crippen LogP contribution < -0.4 is 15.5 Å². The number of hydrogen-bond acceptors (Lipinski definition) is 11. The Morgan fingerprint density at radius 3 is 2.58 bits per heavy atom. The van der Waals surface area contributed by atoms with Crippen molar-refractivity contribution in [3.8, 4) is 11.9 Å². The summed E-state index contributed by atoms with van der Waals surface area (Å²) in [5.74, 6) is 2.85. The first-order valence-corrected chi connectivity index (χ1v) is 12.3. The molecule has 0 saturated carbocycles. The van der Waals surface area contributed by atoms with Crippen molar-refractivity contribution in [2.75, 3.05) is 48.8 Å². The maximum Gasteiger partial charge on any atom is 0.243 e. The van der Waals surface area contributed by atoms with Gasteiger partial charge in [0.25, 0.3) is 0 Å². The summed E-state index contributed by atoms with van der Waals surface area (Å²) in [6, 6.07) is 13.7. The number of anilines is 5. The van der Waals surface area contributed by atoms with E-state index in [1.165, 1.54) is 0 Å². The number of nitriles is 1. The monoisotopic (exact) mass is 502 g/mol. The molecule has 0 radical (unpaired) electrons. The van der Waals surface area contributed by atoms with Crippen LogP contribution in [0.2, 0.25) is 0 Å². The second-order valence-corrected chi connectivity index (χ2v) is 9.46. The van der Waals surface area contributed by atoms with Crippen molar-refractivity contribution in [2.45, 2.75) is 13.3 Å². The van der Waals surface area contributed by atoms with Gasteiger partial charge in [-0.3, -0.25) is 5.10 Å². The Balaban J connectivity index is 1.36. The second-order valence-electron chi connectivity index (χ2n) is 8.69. The number of rotatable bonds is 7. The van der Waals surface area contributed by atoms with E-state index in [4.69, 9.17) is 9.97 Å². The molecule has 1 saturated heterocycles. The molecule has 0 spiro atoms. The average molecular weight is 503 g/mol. The van der Waals surface area contributed by atoms with Gasteiger partial charge < -0.3 is 25.5 Å². The third kappa shape index (κ3) is 5.37. The first kappa shape index (κ1) is 23.5. The summed E-state index contributed by atoms with van der Waals surface area (Å²) in [6.07, 6.45) is 0.559. The minimum atomic E-state index is -0.256. The van der Waals surface area contributed by atoms with Crippen LogP contribution in [0.3, 0.4) is 0 Å². The quantitative estimate of drug-likeness (QED) is 0.297. The van der Waals surface area contributed by atoms with Gasteiger partial charge in [-0.15, -0.1) is 0 Å². The zero-order valence-corrected chi connectivity index (χ0v) is 20.8. The van der Waals surface area contributed by atoms with Crippen molar-refractivity contribution in [1.82, 2.24) is 29.4 Å².